The van der Waals surface area contributed by atoms with Crippen molar-refractivity contribution < 1.29 is 19.1 Å². The summed E-state index contributed by atoms with van der Waals surface area (Å²) in [6, 6.07) is 13.8. The van der Waals surface area contributed by atoms with Gasteiger partial charge in [0.2, 0.25) is 11.8 Å². The highest BCUT2D eigenvalue weighted by Crippen LogP contribution is 2.44. The molecule has 1 heterocycles. The largest absolute Gasteiger partial charge is 0.421 e. The van der Waals surface area contributed by atoms with Crippen LogP contribution in [0.4, 0.5) is 5.69 Å². The predicted octanol–water partition coefficient (Wildman–Crippen LogP) is 4.14. The molecule has 2 aromatic rings. The van der Waals surface area contributed by atoms with Gasteiger partial charge in [-0.2, -0.15) is 0 Å². The van der Waals surface area contributed by atoms with Crippen LogP contribution in [0.5, 0.6) is 5.75 Å². The minimum Gasteiger partial charge on any atom is -0.421 e. The zero-order valence-corrected chi connectivity index (χ0v) is 16.1. The number of rotatable bonds is 3. The summed E-state index contributed by atoms with van der Waals surface area (Å²) in [5.41, 5.74) is 1.81. The van der Waals surface area contributed by atoms with Gasteiger partial charge in [0.05, 0.1) is 23.1 Å². The fourth-order valence-electron chi connectivity index (χ4n) is 4.20. The van der Waals surface area contributed by atoms with E-state index in [1.54, 1.807) is 36.4 Å². The minimum absolute atomic E-state index is 0.180. The van der Waals surface area contributed by atoms with Crippen LogP contribution in [0.1, 0.15) is 42.1 Å². The molecule has 4 rings (SSSR count). The van der Waals surface area contributed by atoms with Crippen LogP contribution in [-0.4, -0.2) is 17.8 Å². The van der Waals surface area contributed by atoms with Crippen LogP contribution in [0.2, 0.25) is 0 Å². The molecule has 2 aromatic carbocycles. The standard InChI is InChI=1S/C23H23NO4/c1-14-7-10-16(11-8-14)23(27)28-20-6-4-3-5-19(20)24-21(25)17-12-9-15(2)13-18(17)22(24)26/h3-8,10-11,15,17-18H,9,12-13H2,1-2H3/t15-,17+,18-/m0/s1. The van der Waals surface area contributed by atoms with E-state index < -0.39 is 5.97 Å². The number of para-hydroxylation sites is 2. The molecule has 1 aliphatic heterocycles. The monoisotopic (exact) mass is 377 g/mol. The fourth-order valence-corrected chi connectivity index (χ4v) is 4.20. The fraction of sp³-hybridized carbons (Fsp3) is 0.348. The summed E-state index contributed by atoms with van der Waals surface area (Å²) in [5.74, 6) is -0.741. The molecule has 0 unspecified atom stereocenters. The van der Waals surface area contributed by atoms with Crippen LogP contribution < -0.4 is 9.64 Å². The first kappa shape index (κ1) is 18.4. The van der Waals surface area contributed by atoms with E-state index in [0.29, 0.717) is 17.2 Å². The zero-order chi connectivity index (χ0) is 19.8. The van der Waals surface area contributed by atoms with E-state index in [4.69, 9.17) is 4.74 Å². The summed E-state index contributed by atoms with van der Waals surface area (Å²) in [4.78, 5) is 39.7. The molecular weight excluding hydrogens is 354 g/mol. The van der Waals surface area contributed by atoms with Crippen LogP contribution in [0.25, 0.3) is 0 Å². The molecule has 5 nitrogen and oxygen atoms in total. The minimum atomic E-state index is -0.516. The van der Waals surface area contributed by atoms with Gasteiger partial charge in [0.25, 0.3) is 0 Å². The van der Waals surface area contributed by atoms with Gasteiger partial charge in [-0.25, -0.2) is 9.69 Å². The first-order valence-electron chi connectivity index (χ1n) is 9.71. The van der Waals surface area contributed by atoms with E-state index in [9.17, 15) is 14.4 Å². The van der Waals surface area contributed by atoms with Gasteiger partial charge in [-0.1, -0.05) is 36.8 Å². The molecule has 0 N–H and O–H groups in total. The number of carbonyl (C=O) groups excluding carboxylic acids is 3. The summed E-state index contributed by atoms with van der Waals surface area (Å²) >= 11 is 0. The highest BCUT2D eigenvalue weighted by molar-refractivity contribution is 6.22. The number of imide groups is 1. The third kappa shape index (κ3) is 3.21. The Hall–Kier alpha value is -2.95. The van der Waals surface area contributed by atoms with E-state index in [0.717, 1.165) is 24.8 Å². The first-order chi connectivity index (χ1) is 13.5. The maximum Gasteiger partial charge on any atom is 0.343 e. The number of carbonyl (C=O) groups is 3. The van der Waals surface area contributed by atoms with Gasteiger partial charge in [-0.05, 0) is 56.4 Å². The van der Waals surface area contributed by atoms with Crippen LogP contribution >= 0.6 is 0 Å². The Balaban J connectivity index is 1.63. The lowest BCUT2D eigenvalue weighted by atomic mass is 9.76. The molecular formula is C23H23NO4. The summed E-state index contributed by atoms with van der Waals surface area (Å²) in [7, 11) is 0. The van der Waals surface area contributed by atoms with E-state index >= 15 is 0 Å². The number of amides is 2. The smallest absolute Gasteiger partial charge is 0.343 e. The number of hydrogen-bond acceptors (Lipinski definition) is 4. The molecule has 1 saturated carbocycles. The molecule has 28 heavy (non-hydrogen) atoms. The number of hydrogen-bond donors (Lipinski definition) is 0. The molecule has 0 spiro atoms. The van der Waals surface area contributed by atoms with E-state index in [-0.39, 0.29) is 29.4 Å². The average molecular weight is 377 g/mol. The number of anilines is 1. The predicted molar refractivity (Wildman–Crippen MR) is 105 cm³/mol. The Morgan fingerprint density at radius 2 is 1.64 bits per heavy atom. The van der Waals surface area contributed by atoms with Crippen molar-refractivity contribution in [3.05, 3.63) is 59.7 Å². The normalized spacial score (nSPS) is 24.2. The van der Waals surface area contributed by atoms with Crippen molar-refractivity contribution in [2.75, 3.05) is 4.90 Å². The van der Waals surface area contributed by atoms with Crippen LogP contribution in [0.15, 0.2) is 48.5 Å². The number of fused-ring (bicyclic) bond motifs is 1. The van der Waals surface area contributed by atoms with Crippen molar-refractivity contribution in [1.29, 1.82) is 0 Å². The Kier molecular flexibility index (Phi) is 4.75. The Morgan fingerprint density at radius 1 is 0.964 bits per heavy atom. The zero-order valence-electron chi connectivity index (χ0n) is 16.1. The van der Waals surface area contributed by atoms with Crippen molar-refractivity contribution >= 4 is 23.5 Å². The summed E-state index contributed by atoms with van der Waals surface area (Å²) in [5, 5.41) is 0. The van der Waals surface area contributed by atoms with Gasteiger partial charge in [-0.15, -0.1) is 0 Å². The molecule has 0 aromatic heterocycles. The van der Waals surface area contributed by atoms with Crippen molar-refractivity contribution in [2.24, 2.45) is 17.8 Å². The SMILES string of the molecule is Cc1ccc(C(=O)Oc2ccccc2N2C(=O)[C@H]3C[C@@H](C)CC[C@H]3C2=O)cc1. The van der Waals surface area contributed by atoms with Crippen molar-refractivity contribution in [1.82, 2.24) is 0 Å². The summed E-state index contributed by atoms with van der Waals surface area (Å²) < 4.78 is 5.57. The molecule has 3 atom stereocenters. The van der Waals surface area contributed by atoms with Gasteiger partial charge >= 0.3 is 5.97 Å². The van der Waals surface area contributed by atoms with Gasteiger partial charge in [0.15, 0.2) is 5.75 Å². The second kappa shape index (κ2) is 7.23. The highest BCUT2D eigenvalue weighted by atomic mass is 16.5. The van der Waals surface area contributed by atoms with Crippen molar-refractivity contribution in [3.63, 3.8) is 0 Å². The molecule has 0 radical (unpaired) electrons. The second-order valence-corrected chi connectivity index (χ2v) is 7.87. The van der Waals surface area contributed by atoms with Crippen molar-refractivity contribution in [2.45, 2.75) is 33.1 Å². The maximum atomic E-state index is 13.0. The highest BCUT2D eigenvalue weighted by Gasteiger charge is 2.50. The van der Waals surface area contributed by atoms with E-state index in [2.05, 4.69) is 6.92 Å². The molecule has 1 saturated heterocycles. The third-order valence-corrected chi connectivity index (χ3v) is 5.78. The lowest BCUT2D eigenvalue weighted by Crippen LogP contribution is -2.31. The van der Waals surface area contributed by atoms with Crippen LogP contribution in [0.3, 0.4) is 0 Å². The number of esters is 1. The Bertz CT molecular complexity index is 934. The number of nitrogens with zero attached hydrogens (tertiary/aromatic N) is 1. The van der Waals surface area contributed by atoms with Gasteiger partial charge in [0.1, 0.15) is 0 Å². The molecule has 2 fully saturated rings. The lowest BCUT2D eigenvalue weighted by molar-refractivity contribution is -0.122. The Labute approximate surface area is 164 Å². The maximum absolute atomic E-state index is 13.0. The van der Waals surface area contributed by atoms with Gasteiger partial charge in [0, 0.05) is 0 Å². The molecule has 5 heteroatoms. The average Bonchev–Trinajstić information content (AvgIpc) is 2.93. The lowest BCUT2D eigenvalue weighted by Gasteiger charge is -2.25. The second-order valence-electron chi connectivity index (χ2n) is 7.87. The molecule has 1 aliphatic carbocycles. The summed E-state index contributed by atoms with van der Waals surface area (Å²) in [6.07, 6.45) is 2.42. The molecule has 2 amide bonds. The van der Waals surface area contributed by atoms with Crippen LogP contribution in [0, 0.1) is 24.7 Å². The Morgan fingerprint density at radius 3 is 2.39 bits per heavy atom. The topological polar surface area (TPSA) is 63.7 Å². The van der Waals surface area contributed by atoms with Crippen molar-refractivity contribution in [3.8, 4) is 5.75 Å². The van der Waals surface area contributed by atoms with Crippen LogP contribution in [-0.2, 0) is 9.59 Å². The third-order valence-electron chi connectivity index (χ3n) is 5.78. The van der Waals surface area contributed by atoms with E-state index in [1.165, 1.54) is 4.90 Å². The van der Waals surface area contributed by atoms with Gasteiger partial charge in [-0.3, -0.25) is 9.59 Å². The van der Waals surface area contributed by atoms with Gasteiger partial charge < -0.3 is 4.74 Å². The number of aryl methyl sites for hydroxylation is 1. The number of benzene rings is 2. The summed E-state index contributed by atoms with van der Waals surface area (Å²) in [6.45, 7) is 4.06. The molecule has 144 valence electrons. The van der Waals surface area contributed by atoms with E-state index in [1.807, 2.05) is 19.1 Å². The number of ether oxygens (including phenoxy) is 1. The quantitative estimate of drug-likeness (QED) is 0.458. The molecule has 2 aliphatic rings. The first-order valence-corrected chi connectivity index (χ1v) is 9.71. The molecule has 0 bridgehead atoms.